The van der Waals surface area contributed by atoms with Gasteiger partial charge in [0, 0.05) is 53.2 Å². The Morgan fingerprint density at radius 3 is 1.57 bits per heavy atom. The summed E-state index contributed by atoms with van der Waals surface area (Å²) < 4.78 is 4.62. The summed E-state index contributed by atoms with van der Waals surface area (Å²) in [7, 11) is 0. The average molecular weight is 909 g/mol. The Bertz CT molecular complexity index is 4040. The fourth-order valence-corrected chi connectivity index (χ4v) is 10.7. The van der Waals surface area contributed by atoms with E-state index in [9.17, 15) is 15.8 Å². The van der Waals surface area contributed by atoms with Crippen LogP contribution in [0.4, 0.5) is 5.69 Å². The zero-order valence-electron chi connectivity index (χ0n) is 37.0. The molecule has 0 aliphatic rings. The van der Waals surface area contributed by atoms with Gasteiger partial charge in [0.2, 0.25) is 0 Å². The van der Waals surface area contributed by atoms with Crippen LogP contribution < -0.4 is 0 Å². The summed E-state index contributed by atoms with van der Waals surface area (Å²) in [5.74, 6) is 1.52. The number of hydrogen-bond acceptors (Lipinski definition) is 7. The number of rotatable bonds is 7. The standard InChI is InChI=1S/C61H32N8S/c1-65-47-29-39(36-64)28-46(30-47)43-20-23-50-49-22-19-42(45-26-37(34-62)25-38(27-45)35-63)32-55(49)69(56(50)33-43)54-24-21-44(48-16-10-17-52-51-15-8-9-18-57(51)70-58(48)52)31-53(54)61-67-59(40-11-4-2-5-12-40)66-60(68-61)41-13-6-3-7-14-41/h2-33H. The van der Waals surface area contributed by atoms with E-state index in [0.29, 0.717) is 39.9 Å². The Kier molecular flexibility index (Phi) is 10.1. The molecule has 0 unspecified atom stereocenters. The van der Waals surface area contributed by atoms with Crippen LogP contribution in [0.1, 0.15) is 16.7 Å². The fourth-order valence-electron chi connectivity index (χ4n) is 9.45. The second kappa shape index (κ2) is 17.0. The van der Waals surface area contributed by atoms with E-state index in [1.807, 2.05) is 84.9 Å². The average Bonchev–Trinajstić information content (AvgIpc) is 3.98. The lowest BCUT2D eigenvalue weighted by molar-refractivity contribution is 1.06. The van der Waals surface area contributed by atoms with Crippen LogP contribution in [-0.4, -0.2) is 19.5 Å². The quantitative estimate of drug-likeness (QED) is 0.147. The molecule has 0 spiro atoms. The van der Waals surface area contributed by atoms with Crippen molar-refractivity contribution in [3.63, 3.8) is 0 Å². The van der Waals surface area contributed by atoms with E-state index in [2.05, 4.69) is 113 Å². The third-order valence-electron chi connectivity index (χ3n) is 12.7. The fraction of sp³-hybridized carbons (Fsp3) is 0. The largest absolute Gasteiger partial charge is 0.308 e. The maximum Gasteiger partial charge on any atom is 0.189 e. The van der Waals surface area contributed by atoms with E-state index in [1.165, 1.54) is 20.2 Å². The molecule has 0 atom stereocenters. The summed E-state index contributed by atoms with van der Waals surface area (Å²) in [5.41, 5.74) is 11.7. The molecule has 12 rings (SSSR count). The third kappa shape index (κ3) is 7.17. The maximum absolute atomic E-state index is 9.99. The molecule has 0 saturated heterocycles. The van der Waals surface area contributed by atoms with Crippen molar-refractivity contribution in [3.8, 4) is 91.4 Å². The normalized spacial score (nSPS) is 11.1. The Balaban J connectivity index is 1.20. The molecule has 8 nitrogen and oxygen atoms in total. The minimum absolute atomic E-state index is 0.375. The first-order valence-corrected chi connectivity index (χ1v) is 23.2. The minimum Gasteiger partial charge on any atom is -0.308 e. The van der Waals surface area contributed by atoms with Crippen molar-refractivity contribution in [2.75, 3.05) is 0 Å². The molecule has 0 aliphatic heterocycles. The molecule has 322 valence electrons. The predicted molar refractivity (Wildman–Crippen MR) is 280 cm³/mol. The molecule has 0 N–H and O–H groups in total. The third-order valence-corrected chi connectivity index (χ3v) is 13.9. The number of aromatic nitrogens is 4. The van der Waals surface area contributed by atoms with Gasteiger partial charge >= 0.3 is 0 Å². The van der Waals surface area contributed by atoms with E-state index < -0.39 is 0 Å². The maximum atomic E-state index is 9.99. The van der Waals surface area contributed by atoms with E-state index in [0.717, 1.165) is 77.6 Å². The second-order valence-electron chi connectivity index (χ2n) is 16.9. The lowest BCUT2D eigenvalue weighted by Gasteiger charge is -2.17. The molecule has 0 aliphatic carbocycles. The number of nitrogens with zero attached hydrogens (tertiary/aromatic N) is 8. The summed E-state index contributed by atoms with van der Waals surface area (Å²) in [6.45, 7) is 7.83. The molecular weight excluding hydrogens is 877 g/mol. The van der Waals surface area contributed by atoms with E-state index in [1.54, 1.807) is 35.6 Å². The molecule has 9 heteroatoms. The molecule has 3 aromatic heterocycles. The zero-order valence-corrected chi connectivity index (χ0v) is 37.8. The van der Waals surface area contributed by atoms with Gasteiger partial charge in [0.15, 0.2) is 23.2 Å². The van der Waals surface area contributed by atoms with Crippen molar-refractivity contribution in [1.29, 1.82) is 15.8 Å². The lowest BCUT2D eigenvalue weighted by atomic mass is 9.98. The van der Waals surface area contributed by atoms with Gasteiger partial charge in [-0.3, -0.25) is 0 Å². The highest BCUT2D eigenvalue weighted by atomic mass is 32.1. The first-order valence-electron chi connectivity index (χ1n) is 22.4. The van der Waals surface area contributed by atoms with Crippen LogP contribution in [0.15, 0.2) is 194 Å². The number of benzene rings is 9. The number of fused-ring (bicyclic) bond motifs is 6. The van der Waals surface area contributed by atoms with Crippen molar-refractivity contribution in [2.45, 2.75) is 0 Å². The summed E-state index contributed by atoms with van der Waals surface area (Å²) in [5, 5.41) is 34.3. The zero-order chi connectivity index (χ0) is 47.3. The van der Waals surface area contributed by atoms with Gasteiger partial charge < -0.3 is 4.57 Å². The Morgan fingerprint density at radius 2 is 0.957 bits per heavy atom. The monoisotopic (exact) mass is 908 g/mol. The van der Waals surface area contributed by atoms with E-state index >= 15 is 0 Å². The predicted octanol–water partition coefficient (Wildman–Crippen LogP) is 15.5. The summed E-state index contributed by atoms with van der Waals surface area (Å²) in [6, 6.07) is 70.9. The van der Waals surface area contributed by atoms with Gasteiger partial charge in [-0.05, 0) is 100 Å². The summed E-state index contributed by atoms with van der Waals surface area (Å²) in [4.78, 5) is 19.4. The highest BCUT2D eigenvalue weighted by molar-refractivity contribution is 7.26. The van der Waals surface area contributed by atoms with Gasteiger partial charge in [-0.25, -0.2) is 19.8 Å². The lowest BCUT2D eigenvalue weighted by Crippen LogP contribution is -2.04. The van der Waals surface area contributed by atoms with Crippen LogP contribution >= 0.6 is 11.3 Å². The van der Waals surface area contributed by atoms with E-state index in [-0.39, 0.29) is 0 Å². The van der Waals surface area contributed by atoms with Crippen molar-refractivity contribution in [3.05, 3.63) is 222 Å². The first kappa shape index (κ1) is 41.4. The SMILES string of the molecule is [C-]#[N+]c1cc(C#N)cc(-c2ccc3c4ccc(-c5cc(C#N)cc(C#N)c5)cc4n(-c4ccc(-c5cccc6c5sc5ccccc56)cc4-c4nc(-c5ccccc5)nc(-c5ccccc5)n4)c3c2)c1. The van der Waals surface area contributed by atoms with Crippen LogP contribution in [-0.2, 0) is 0 Å². The number of hydrogen-bond donors (Lipinski definition) is 0. The Morgan fingerprint density at radius 1 is 0.414 bits per heavy atom. The van der Waals surface area contributed by atoms with Crippen LogP contribution in [0, 0.1) is 40.6 Å². The molecule has 0 saturated carbocycles. The topological polar surface area (TPSA) is 119 Å². The van der Waals surface area contributed by atoms with Crippen LogP contribution in [0.3, 0.4) is 0 Å². The summed E-state index contributed by atoms with van der Waals surface area (Å²) in [6.07, 6.45) is 0. The molecule has 0 bridgehead atoms. The first-order chi connectivity index (χ1) is 34.5. The van der Waals surface area contributed by atoms with Crippen LogP contribution in [0.25, 0.3) is 120 Å². The Hall–Kier alpha value is -10.0. The molecular formula is C61H32N8S. The van der Waals surface area contributed by atoms with Gasteiger partial charge in [0.1, 0.15) is 0 Å². The molecule has 0 fully saturated rings. The smallest absolute Gasteiger partial charge is 0.189 e. The molecule has 9 aromatic carbocycles. The van der Waals surface area contributed by atoms with Gasteiger partial charge in [-0.2, -0.15) is 15.8 Å². The van der Waals surface area contributed by atoms with Gasteiger partial charge in [-0.1, -0.05) is 127 Å². The van der Waals surface area contributed by atoms with Crippen molar-refractivity contribution in [1.82, 2.24) is 19.5 Å². The molecule has 3 heterocycles. The van der Waals surface area contributed by atoms with Gasteiger partial charge in [0.05, 0.1) is 52.6 Å². The van der Waals surface area contributed by atoms with Crippen molar-refractivity contribution >= 4 is 59.0 Å². The molecule has 0 amide bonds. The number of thiophene rings is 1. The minimum atomic E-state index is 0.375. The highest BCUT2D eigenvalue weighted by Gasteiger charge is 2.23. The molecule has 0 radical (unpaired) electrons. The van der Waals surface area contributed by atoms with Gasteiger partial charge in [0.25, 0.3) is 0 Å². The molecule has 12 aromatic rings. The van der Waals surface area contributed by atoms with E-state index in [4.69, 9.17) is 21.5 Å². The van der Waals surface area contributed by atoms with Gasteiger partial charge in [-0.15, -0.1) is 11.3 Å². The number of nitriles is 3. The Labute approximate surface area is 406 Å². The van der Waals surface area contributed by atoms with Crippen LogP contribution in [0.5, 0.6) is 0 Å². The van der Waals surface area contributed by atoms with Crippen molar-refractivity contribution in [2.24, 2.45) is 0 Å². The highest BCUT2D eigenvalue weighted by Crippen LogP contribution is 2.44. The molecule has 70 heavy (non-hydrogen) atoms. The van der Waals surface area contributed by atoms with Crippen LogP contribution in [0.2, 0.25) is 0 Å². The summed E-state index contributed by atoms with van der Waals surface area (Å²) >= 11 is 1.77. The van der Waals surface area contributed by atoms with Crippen molar-refractivity contribution < 1.29 is 0 Å². The second-order valence-corrected chi connectivity index (χ2v) is 17.9.